The maximum absolute atomic E-state index is 13.9. The third kappa shape index (κ3) is 4.69. The molecule has 6 nitrogen and oxygen atoms in total. The van der Waals surface area contributed by atoms with Crippen LogP contribution < -0.4 is 4.90 Å². The van der Waals surface area contributed by atoms with Gasteiger partial charge in [-0.2, -0.15) is 13.2 Å². The molecule has 1 aromatic carbocycles. The number of piperazine rings is 1. The van der Waals surface area contributed by atoms with E-state index >= 15 is 0 Å². The van der Waals surface area contributed by atoms with Crippen LogP contribution in [0.4, 0.5) is 23.7 Å². The number of hydrogen-bond donors (Lipinski definition) is 0. The minimum atomic E-state index is -4.48. The second-order valence-corrected chi connectivity index (χ2v) is 9.68. The first-order valence-corrected chi connectivity index (χ1v) is 11.2. The Balaban J connectivity index is 1.62. The second kappa shape index (κ2) is 8.31. The molecule has 0 bridgehead atoms. The fraction of sp³-hybridized carbons (Fsp3) is 0.455. The highest BCUT2D eigenvalue weighted by atomic mass is 32.1. The Morgan fingerprint density at radius 1 is 1.16 bits per heavy atom. The zero-order chi connectivity index (χ0) is 23.1. The number of fused-ring (bicyclic) bond motifs is 1. The van der Waals surface area contributed by atoms with Gasteiger partial charge in [0.25, 0.3) is 0 Å². The van der Waals surface area contributed by atoms with E-state index in [4.69, 9.17) is 4.74 Å². The Morgan fingerprint density at radius 2 is 1.88 bits per heavy atom. The monoisotopic (exact) mass is 466 g/mol. The van der Waals surface area contributed by atoms with Gasteiger partial charge in [-0.1, -0.05) is 6.07 Å². The van der Waals surface area contributed by atoms with Crippen LogP contribution in [0.3, 0.4) is 0 Å². The van der Waals surface area contributed by atoms with E-state index in [1.807, 2.05) is 31.7 Å². The zero-order valence-electron chi connectivity index (χ0n) is 18.1. The molecule has 10 heteroatoms. The topological polar surface area (TPSA) is 50.6 Å². The first-order chi connectivity index (χ1) is 15.0. The number of carbonyl (C=O) groups excluding carboxylic acids is 1. The average molecular weight is 467 g/mol. The second-order valence-electron chi connectivity index (χ2n) is 8.70. The molecule has 1 fully saturated rings. The van der Waals surface area contributed by atoms with Crippen molar-refractivity contribution in [2.45, 2.75) is 39.1 Å². The lowest BCUT2D eigenvalue weighted by Gasteiger charge is -2.37. The van der Waals surface area contributed by atoms with Gasteiger partial charge in [-0.05, 0) is 39.0 Å². The Bertz CT molecular complexity index is 1100. The standard InChI is InChI=1S/C22H25F3N4O2S/c1-21(2,3)31-20(30)28-10-8-27(9-11-28)16-5-4-6-17-15(16)13-18(22(23,24)25)29(17)14-19-26-7-12-32-19/h4-7,12-13H,8-11,14H2,1-3H3. The van der Waals surface area contributed by atoms with Gasteiger partial charge in [0.05, 0.1) is 12.1 Å². The normalized spacial score (nSPS) is 15.4. The Hall–Kier alpha value is -2.75. The molecule has 2 aromatic heterocycles. The van der Waals surface area contributed by atoms with Crippen molar-refractivity contribution < 1.29 is 22.7 Å². The highest BCUT2D eigenvalue weighted by Crippen LogP contribution is 2.38. The van der Waals surface area contributed by atoms with Gasteiger partial charge in [-0.3, -0.25) is 0 Å². The quantitative estimate of drug-likeness (QED) is 0.531. The van der Waals surface area contributed by atoms with E-state index in [-0.39, 0.29) is 12.6 Å². The highest BCUT2D eigenvalue weighted by Gasteiger charge is 2.36. The number of hydrogen-bond acceptors (Lipinski definition) is 5. The number of thiazole rings is 1. The third-order valence-electron chi connectivity index (χ3n) is 5.26. The van der Waals surface area contributed by atoms with Crippen molar-refractivity contribution in [2.24, 2.45) is 0 Å². The van der Waals surface area contributed by atoms with E-state index < -0.39 is 17.5 Å². The molecular formula is C22H25F3N4O2S. The van der Waals surface area contributed by atoms with E-state index in [0.717, 1.165) is 5.69 Å². The molecule has 1 aliphatic heterocycles. The summed E-state index contributed by atoms with van der Waals surface area (Å²) in [6.45, 7) is 7.42. The first-order valence-electron chi connectivity index (χ1n) is 10.3. The minimum absolute atomic E-state index is 0.0614. The molecule has 0 radical (unpaired) electrons. The van der Waals surface area contributed by atoms with Crippen molar-refractivity contribution in [3.05, 3.63) is 46.5 Å². The van der Waals surface area contributed by atoms with Crippen LogP contribution in [0, 0.1) is 0 Å². The summed E-state index contributed by atoms with van der Waals surface area (Å²) in [5.41, 5.74) is -0.0226. The number of anilines is 1. The lowest BCUT2D eigenvalue weighted by atomic mass is 10.1. The molecular weight excluding hydrogens is 441 g/mol. The smallest absolute Gasteiger partial charge is 0.431 e. The maximum Gasteiger partial charge on any atom is 0.431 e. The summed E-state index contributed by atoms with van der Waals surface area (Å²) in [6, 6.07) is 6.53. The summed E-state index contributed by atoms with van der Waals surface area (Å²) in [5.74, 6) is 0. The summed E-state index contributed by atoms with van der Waals surface area (Å²) in [4.78, 5) is 20.1. The largest absolute Gasteiger partial charge is 0.444 e. The number of halogens is 3. The van der Waals surface area contributed by atoms with Gasteiger partial charge < -0.3 is 19.1 Å². The van der Waals surface area contributed by atoms with Gasteiger partial charge in [-0.25, -0.2) is 9.78 Å². The van der Waals surface area contributed by atoms with Gasteiger partial charge in [0, 0.05) is 48.8 Å². The molecule has 0 spiro atoms. The van der Waals surface area contributed by atoms with Crippen LogP contribution >= 0.6 is 11.3 Å². The van der Waals surface area contributed by atoms with Crippen LogP contribution in [0.1, 0.15) is 31.5 Å². The Kier molecular flexibility index (Phi) is 5.83. The molecule has 3 aromatic rings. The number of amides is 1. The number of alkyl halides is 3. The fourth-order valence-corrected chi connectivity index (χ4v) is 4.48. The molecule has 0 unspecified atom stereocenters. The fourth-order valence-electron chi connectivity index (χ4n) is 3.87. The molecule has 172 valence electrons. The highest BCUT2D eigenvalue weighted by molar-refractivity contribution is 7.09. The first kappa shape index (κ1) is 22.4. The predicted octanol–water partition coefficient (Wildman–Crippen LogP) is 5.22. The van der Waals surface area contributed by atoms with Crippen LogP contribution in [0.25, 0.3) is 10.9 Å². The number of aromatic nitrogens is 2. The summed E-state index contributed by atoms with van der Waals surface area (Å²) < 4.78 is 48.3. The molecule has 0 saturated carbocycles. The average Bonchev–Trinajstić information content (AvgIpc) is 3.35. The number of rotatable bonds is 3. The van der Waals surface area contributed by atoms with E-state index in [9.17, 15) is 18.0 Å². The molecule has 3 heterocycles. The van der Waals surface area contributed by atoms with Crippen LogP contribution in [0.2, 0.25) is 0 Å². The van der Waals surface area contributed by atoms with Crippen LogP contribution in [-0.2, 0) is 17.5 Å². The van der Waals surface area contributed by atoms with E-state index in [0.29, 0.717) is 42.1 Å². The van der Waals surface area contributed by atoms with Crippen molar-refractivity contribution in [3.63, 3.8) is 0 Å². The Labute approximate surface area is 188 Å². The molecule has 0 atom stereocenters. The van der Waals surface area contributed by atoms with E-state index in [1.165, 1.54) is 22.0 Å². The van der Waals surface area contributed by atoms with Crippen LogP contribution in [-0.4, -0.2) is 52.3 Å². The van der Waals surface area contributed by atoms with Crippen molar-refractivity contribution in [1.29, 1.82) is 0 Å². The molecule has 0 N–H and O–H groups in total. The number of carbonyl (C=O) groups is 1. The van der Waals surface area contributed by atoms with E-state index in [2.05, 4.69) is 4.98 Å². The predicted molar refractivity (Wildman–Crippen MR) is 118 cm³/mol. The number of benzene rings is 1. The van der Waals surface area contributed by atoms with Crippen molar-refractivity contribution >= 4 is 34.0 Å². The molecule has 32 heavy (non-hydrogen) atoms. The molecule has 4 rings (SSSR count). The van der Waals surface area contributed by atoms with Gasteiger partial charge in [-0.15, -0.1) is 11.3 Å². The molecule has 1 saturated heterocycles. The van der Waals surface area contributed by atoms with Crippen LogP contribution in [0.15, 0.2) is 35.8 Å². The van der Waals surface area contributed by atoms with Gasteiger partial charge >= 0.3 is 12.3 Å². The summed E-state index contributed by atoms with van der Waals surface area (Å²) in [7, 11) is 0. The summed E-state index contributed by atoms with van der Waals surface area (Å²) >= 11 is 1.33. The SMILES string of the molecule is CC(C)(C)OC(=O)N1CCN(c2cccc3c2cc(C(F)(F)F)n3Cc2nccs2)CC1. The minimum Gasteiger partial charge on any atom is -0.444 e. The summed E-state index contributed by atoms with van der Waals surface area (Å²) in [6.07, 6.45) is -3.26. The molecule has 1 amide bonds. The van der Waals surface area contributed by atoms with Gasteiger partial charge in [0.1, 0.15) is 16.3 Å². The number of nitrogens with zero attached hydrogens (tertiary/aromatic N) is 4. The lowest BCUT2D eigenvalue weighted by Crippen LogP contribution is -2.50. The lowest BCUT2D eigenvalue weighted by molar-refractivity contribution is -0.143. The Morgan fingerprint density at radius 3 is 2.47 bits per heavy atom. The van der Waals surface area contributed by atoms with Crippen LogP contribution in [0.5, 0.6) is 0 Å². The summed E-state index contributed by atoms with van der Waals surface area (Å²) in [5, 5.41) is 2.91. The van der Waals surface area contributed by atoms with Crippen molar-refractivity contribution in [3.8, 4) is 0 Å². The molecule has 0 aliphatic carbocycles. The maximum atomic E-state index is 13.9. The van der Waals surface area contributed by atoms with Crippen molar-refractivity contribution in [1.82, 2.24) is 14.5 Å². The molecule has 1 aliphatic rings. The van der Waals surface area contributed by atoms with Gasteiger partial charge in [0.2, 0.25) is 0 Å². The third-order valence-corrected chi connectivity index (χ3v) is 6.03. The van der Waals surface area contributed by atoms with E-state index in [1.54, 1.807) is 28.6 Å². The van der Waals surface area contributed by atoms with Crippen molar-refractivity contribution in [2.75, 3.05) is 31.1 Å². The number of ether oxygens (including phenoxy) is 1. The zero-order valence-corrected chi connectivity index (χ0v) is 19.0. The van der Waals surface area contributed by atoms with Gasteiger partial charge in [0.15, 0.2) is 0 Å².